The number of sulfonamides is 1. The van der Waals surface area contributed by atoms with Gasteiger partial charge in [0.25, 0.3) is 0 Å². The highest BCUT2D eigenvalue weighted by molar-refractivity contribution is 7.89. The molecule has 0 bridgehead atoms. The van der Waals surface area contributed by atoms with Crippen LogP contribution in [0.2, 0.25) is 0 Å². The van der Waals surface area contributed by atoms with Crippen molar-refractivity contribution in [1.29, 1.82) is 0 Å². The number of rotatable bonds is 4. The Balaban J connectivity index is 2.34. The molecule has 0 aliphatic carbocycles. The van der Waals surface area contributed by atoms with Crippen LogP contribution in [-0.4, -0.2) is 18.6 Å². The van der Waals surface area contributed by atoms with Crippen LogP contribution in [0, 0.1) is 13.8 Å². The zero-order chi connectivity index (χ0) is 14.9. The van der Waals surface area contributed by atoms with Crippen LogP contribution in [-0.2, 0) is 10.0 Å². The van der Waals surface area contributed by atoms with Crippen molar-refractivity contribution in [3.8, 4) is 0 Å². The number of benzene rings is 1. The number of aromatic amines is 1. The molecule has 1 heterocycles. The Kier molecular flexibility index (Phi) is 3.82. The summed E-state index contributed by atoms with van der Waals surface area (Å²) in [5.41, 5.74) is 8.69. The van der Waals surface area contributed by atoms with Crippen LogP contribution in [0.5, 0.6) is 0 Å². The third-order valence-electron chi connectivity index (χ3n) is 3.27. The first-order valence-electron chi connectivity index (χ1n) is 6.19. The average Bonchev–Trinajstić information content (AvgIpc) is 2.86. The fourth-order valence-corrected chi connectivity index (χ4v) is 3.34. The minimum Gasteiger partial charge on any atom is -0.398 e. The lowest BCUT2D eigenvalue weighted by atomic mass is 10.1. The third-order valence-corrected chi connectivity index (χ3v) is 4.86. The van der Waals surface area contributed by atoms with Crippen LogP contribution in [0.3, 0.4) is 0 Å². The van der Waals surface area contributed by atoms with Crippen molar-refractivity contribution in [2.45, 2.75) is 31.7 Å². The summed E-state index contributed by atoms with van der Waals surface area (Å²) in [6.45, 7) is 5.50. The monoisotopic (exact) mass is 294 g/mol. The highest BCUT2D eigenvalue weighted by Crippen LogP contribution is 2.24. The molecule has 0 saturated carbocycles. The molecule has 0 radical (unpaired) electrons. The fraction of sp³-hybridized carbons (Fsp3) is 0.308. The summed E-state index contributed by atoms with van der Waals surface area (Å²) in [7, 11) is -3.67. The third kappa shape index (κ3) is 2.83. The summed E-state index contributed by atoms with van der Waals surface area (Å²) < 4.78 is 27.4. The Morgan fingerprint density at radius 1 is 1.30 bits per heavy atom. The Morgan fingerprint density at radius 2 is 1.95 bits per heavy atom. The van der Waals surface area contributed by atoms with E-state index in [1.165, 1.54) is 0 Å². The van der Waals surface area contributed by atoms with E-state index in [0.29, 0.717) is 0 Å². The molecular formula is C13H18N4O2S. The first-order chi connectivity index (χ1) is 9.31. The van der Waals surface area contributed by atoms with Gasteiger partial charge in [0.2, 0.25) is 10.0 Å². The van der Waals surface area contributed by atoms with Crippen LogP contribution in [0.15, 0.2) is 29.4 Å². The van der Waals surface area contributed by atoms with E-state index in [9.17, 15) is 8.42 Å². The summed E-state index contributed by atoms with van der Waals surface area (Å²) in [5.74, 6) is 0. The molecule has 1 unspecified atom stereocenters. The van der Waals surface area contributed by atoms with Crippen molar-refractivity contribution < 1.29 is 8.42 Å². The van der Waals surface area contributed by atoms with E-state index in [0.717, 1.165) is 16.7 Å². The van der Waals surface area contributed by atoms with E-state index < -0.39 is 10.0 Å². The molecule has 1 atom stereocenters. The molecule has 1 aromatic carbocycles. The highest BCUT2D eigenvalue weighted by atomic mass is 32.2. The maximum absolute atomic E-state index is 12.4. The lowest BCUT2D eigenvalue weighted by Gasteiger charge is -2.15. The largest absolute Gasteiger partial charge is 0.398 e. The SMILES string of the molecule is Cc1cc(N)c(S(=O)(=O)NC(C)c2cn[nH]c2)cc1C. The second-order valence-corrected chi connectivity index (χ2v) is 6.53. The first kappa shape index (κ1) is 14.5. The molecule has 108 valence electrons. The molecule has 7 heteroatoms. The van der Waals surface area contributed by atoms with E-state index in [1.54, 1.807) is 31.5 Å². The fourth-order valence-electron chi connectivity index (χ4n) is 1.91. The summed E-state index contributed by atoms with van der Waals surface area (Å²) in [4.78, 5) is 0.107. The van der Waals surface area contributed by atoms with Gasteiger partial charge in [-0.25, -0.2) is 13.1 Å². The molecule has 4 N–H and O–H groups in total. The highest BCUT2D eigenvalue weighted by Gasteiger charge is 2.22. The summed E-state index contributed by atoms with van der Waals surface area (Å²) in [5, 5.41) is 6.46. The summed E-state index contributed by atoms with van der Waals surface area (Å²) in [6, 6.07) is 2.88. The topological polar surface area (TPSA) is 101 Å². The van der Waals surface area contributed by atoms with Crippen LogP contribution in [0.4, 0.5) is 5.69 Å². The molecule has 0 fully saturated rings. The number of nitrogens with two attached hydrogens (primary N) is 1. The van der Waals surface area contributed by atoms with Gasteiger partial charge in [-0.3, -0.25) is 5.10 Å². The lowest BCUT2D eigenvalue weighted by molar-refractivity contribution is 0.567. The van der Waals surface area contributed by atoms with E-state index in [-0.39, 0.29) is 16.6 Å². The average molecular weight is 294 g/mol. The van der Waals surface area contributed by atoms with Gasteiger partial charge in [0.15, 0.2) is 0 Å². The van der Waals surface area contributed by atoms with Gasteiger partial charge in [-0.15, -0.1) is 0 Å². The number of nitrogen functional groups attached to an aromatic ring is 1. The van der Waals surface area contributed by atoms with Crippen molar-refractivity contribution in [2.24, 2.45) is 0 Å². The van der Waals surface area contributed by atoms with Gasteiger partial charge in [-0.1, -0.05) is 0 Å². The van der Waals surface area contributed by atoms with E-state index in [4.69, 9.17) is 5.73 Å². The van der Waals surface area contributed by atoms with E-state index in [2.05, 4.69) is 14.9 Å². The Morgan fingerprint density at radius 3 is 2.55 bits per heavy atom. The molecule has 1 aromatic heterocycles. The molecule has 0 amide bonds. The van der Waals surface area contributed by atoms with Crippen LogP contribution < -0.4 is 10.5 Å². The number of H-pyrrole nitrogens is 1. The Bertz CT molecular complexity index is 708. The van der Waals surface area contributed by atoms with E-state index in [1.807, 2.05) is 13.8 Å². The number of aryl methyl sites for hydroxylation is 2. The standard InChI is InChI=1S/C13H18N4O2S/c1-8-4-12(14)13(5-9(8)2)20(18,19)17-10(3)11-6-15-16-7-11/h4-7,10,17H,14H2,1-3H3,(H,15,16). The predicted octanol–water partition coefficient (Wildman–Crippen LogP) is 1.65. The van der Waals surface area contributed by atoms with Gasteiger partial charge in [0.1, 0.15) is 4.90 Å². The van der Waals surface area contributed by atoms with Crippen LogP contribution >= 0.6 is 0 Å². The first-order valence-corrected chi connectivity index (χ1v) is 7.67. The smallest absolute Gasteiger partial charge is 0.243 e. The van der Waals surface area contributed by atoms with Crippen molar-refractivity contribution in [1.82, 2.24) is 14.9 Å². The van der Waals surface area contributed by atoms with Crippen molar-refractivity contribution in [3.63, 3.8) is 0 Å². The number of aromatic nitrogens is 2. The molecule has 2 aromatic rings. The normalized spacial score (nSPS) is 13.3. The zero-order valence-electron chi connectivity index (χ0n) is 11.6. The molecule has 6 nitrogen and oxygen atoms in total. The molecular weight excluding hydrogens is 276 g/mol. The van der Waals surface area contributed by atoms with Crippen molar-refractivity contribution in [2.75, 3.05) is 5.73 Å². The second-order valence-electron chi connectivity index (χ2n) is 4.85. The second kappa shape index (κ2) is 5.26. The maximum Gasteiger partial charge on any atom is 0.243 e. The molecule has 20 heavy (non-hydrogen) atoms. The Hall–Kier alpha value is -1.86. The zero-order valence-corrected chi connectivity index (χ0v) is 12.5. The van der Waals surface area contributed by atoms with Crippen molar-refractivity contribution in [3.05, 3.63) is 41.2 Å². The summed E-state index contributed by atoms with van der Waals surface area (Å²) >= 11 is 0. The molecule has 0 aliphatic heterocycles. The van der Waals surface area contributed by atoms with Gasteiger partial charge in [0.05, 0.1) is 11.9 Å². The van der Waals surface area contributed by atoms with Crippen LogP contribution in [0.25, 0.3) is 0 Å². The number of nitrogens with zero attached hydrogens (tertiary/aromatic N) is 1. The molecule has 0 aliphatic rings. The maximum atomic E-state index is 12.4. The Labute approximate surface area is 118 Å². The lowest BCUT2D eigenvalue weighted by Crippen LogP contribution is -2.27. The number of nitrogens with one attached hydrogen (secondary N) is 2. The molecule has 2 rings (SSSR count). The minimum absolute atomic E-state index is 0.107. The molecule has 0 spiro atoms. The molecule has 0 saturated heterocycles. The van der Waals surface area contributed by atoms with Crippen molar-refractivity contribution >= 4 is 15.7 Å². The summed E-state index contributed by atoms with van der Waals surface area (Å²) in [6.07, 6.45) is 3.23. The van der Waals surface area contributed by atoms with Gasteiger partial charge < -0.3 is 5.73 Å². The van der Waals surface area contributed by atoms with Gasteiger partial charge in [-0.2, -0.15) is 5.10 Å². The number of hydrogen-bond donors (Lipinski definition) is 3. The van der Waals surface area contributed by atoms with Gasteiger partial charge in [0, 0.05) is 17.8 Å². The van der Waals surface area contributed by atoms with Gasteiger partial charge >= 0.3 is 0 Å². The number of hydrogen-bond acceptors (Lipinski definition) is 4. The quantitative estimate of drug-likeness (QED) is 0.746. The van der Waals surface area contributed by atoms with E-state index >= 15 is 0 Å². The predicted molar refractivity (Wildman–Crippen MR) is 77.7 cm³/mol. The number of anilines is 1. The minimum atomic E-state index is -3.67. The van der Waals surface area contributed by atoms with Gasteiger partial charge in [-0.05, 0) is 44.0 Å². The van der Waals surface area contributed by atoms with Crippen LogP contribution in [0.1, 0.15) is 29.7 Å².